The van der Waals surface area contributed by atoms with Crippen LogP contribution in [0.5, 0.6) is 0 Å². The van der Waals surface area contributed by atoms with Gasteiger partial charge in [-0.1, -0.05) is 6.07 Å². The van der Waals surface area contributed by atoms with Crippen LogP contribution in [0.3, 0.4) is 0 Å². The molecule has 2 aromatic rings. The minimum atomic E-state index is -0.761. The quantitative estimate of drug-likeness (QED) is 0.773. The summed E-state index contributed by atoms with van der Waals surface area (Å²) in [6.07, 6.45) is 1.12. The molecule has 18 heavy (non-hydrogen) atoms. The maximum atomic E-state index is 13.3. The van der Waals surface area contributed by atoms with Gasteiger partial charge in [0.2, 0.25) is 5.91 Å². The third-order valence-corrected chi connectivity index (χ3v) is 2.30. The van der Waals surface area contributed by atoms with Gasteiger partial charge in [0.05, 0.1) is 18.3 Å². The fourth-order valence-electron chi connectivity index (χ4n) is 1.42. The monoisotopic (exact) mass is 252 g/mol. The van der Waals surface area contributed by atoms with E-state index in [9.17, 15) is 13.6 Å². The molecule has 1 heterocycles. The third kappa shape index (κ3) is 2.62. The van der Waals surface area contributed by atoms with Gasteiger partial charge in [-0.05, 0) is 11.6 Å². The number of H-pyrrole nitrogens is 1. The number of carbonyl (C=O) groups is 1. The van der Waals surface area contributed by atoms with E-state index in [1.807, 2.05) is 0 Å². The second-order valence-electron chi connectivity index (χ2n) is 3.66. The van der Waals surface area contributed by atoms with Crippen LogP contribution in [0.4, 0.5) is 20.3 Å². The summed E-state index contributed by atoms with van der Waals surface area (Å²) < 4.78 is 26.0. The Labute approximate surface area is 101 Å². The summed E-state index contributed by atoms with van der Waals surface area (Å²) in [5.74, 6) is -1.67. The van der Waals surface area contributed by atoms with Crippen LogP contribution in [0.2, 0.25) is 0 Å². The number of benzene rings is 1. The molecule has 0 aliphatic rings. The number of nitrogens with two attached hydrogens (primary N) is 1. The molecule has 1 aromatic carbocycles. The molecule has 0 fully saturated rings. The molecule has 0 radical (unpaired) electrons. The van der Waals surface area contributed by atoms with E-state index < -0.39 is 17.5 Å². The summed E-state index contributed by atoms with van der Waals surface area (Å²) in [6, 6.07) is 3.05. The van der Waals surface area contributed by atoms with Gasteiger partial charge >= 0.3 is 0 Å². The highest BCUT2D eigenvalue weighted by atomic mass is 19.1. The highest BCUT2D eigenvalue weighted by molar-refractivity contribution is 5.93. The zero-order chi connectivity index (χ0) is 13.1. The molecule has 7 heteroatoms. The molecule has 5 nitrogen and oxygen atoms in total. The van der Waals surface area contributed by atoms with E-state index in [4.69, 9.17) is 5.73 Å². The summed E-state index contributed by atoms with van der Waals surface area (Å²) in [5, 5.41) is 8.55. The summed E-state index contributed by atoms with van der Waals surface area (Å²) >= 11 is 0. The molecule has 0 atom stereocenters. The van der Waals surface area contributed by atoms with Crippen LogP contribution < -0.4 is 11.1 Å². The topological polar surface area (TPSA) is 83.8 Å². The zero-order valence-electron chi connectivity index (χ0n) is 9.21. The standard InChI is InChI=1S/C11H10F2N4O/c12-7-2-1-6(8(13)4-7)3-10(18)16-11-9(14)5-15-17-11/h1-2,4-5H,3,14H2,(H2,15,16,17,18). The highest BCUT2D eigenvalue weighted by Crippen LogP contribution is 2.14. The molecule has 0 spiro atoms. The number of halogens is 2. The van der Waals surface area contributed by atoms with Gasteiger partial charge in [-0.25, -0.2) is 8.78 Å². The van der Waals surface area contributed by atoms with Crippen LogP contribution in [0, 0.1) is 11.6 Å². The average molecular weight is 252 g/mol. The van der Waals surface area contributed by atoms with E-state index in [2.05, 4.69) is 15.5 Å². The van der Waals surface area contributed by atoms with Crippen molar-refractivity contribution in [2.45, 2.75) is 6.42 Å². The van der Waals surface area contributed by atoms with Crippen molar-refractivity contribution in [3.05, 3.63) is 41.6 Å². The minimum absolute atomic E-state index is 0.104. The molecule has 2 rings (SSSR count). The predicted octanol–water partition coefficient (Wildman–Crippen LogP) is 1.45. The summed E-state index contributed by atoms with van der Waals surface area (Å²) in [6.45, 7) is 0. The molecular formula is C11H10F2N4O. The van der Waals surface area contributed by atoms with Crippen LogP contribution in [0.15, 0.2) is 24.4 Å². The van der Waals surface area contributed by atoms with Crippen molar-refractivity contribution < 1.29 is 13.6 Å². The van der Waals surface area contributed by atoms with E-state index >= 15 is 0 Å². The Morgan fingerprint density at radius 3 is 2.83 bits per heavy atom. The third-order valence-electron chi connectivity index (χ3n) is 2.30. The normalized spacial score (nSPS) is 10.3. The number of aromatic nitrogens is 2. The Hall–Kier alpha value is -2.44. The molecule has 0 unspecified atom stereocenters. The Balaban J connectivity index is 2.05. The number of aromatic amines is 1. The summed E-state index contributed by atoms with van der Waals surface area (Å²) in [4.78, 5) is 11.6. The average Bonchev–Trinajstić information content (AvgIpc) is 2.69. The van der Waals surface area contributed by atoms with Crippen LogP contribution in [0.1, 0.15) is 5.56 Å². The van der Waals surface area contributed by atoms with Crippen molar-refractivity contribution in [1.29, 1.82) is 0 Å². The van der Waals surface area contributed by atoms with Gasteiger partial charge in [0.15, 0.2) is 5.82 Å². The molecular weight excluding hydrogens is 242 g/mol. The van der Waals surface area contributed by atoms with Gasteiger partial charge in [-0.15, -0.1) is 0 Å². The number of nitrogens with zero attached hydrogens (tertiary/aromatic N) is 1. The molecule has 1 amide bonds. The van der Waals surface area contributed by atoms with Gasteiger partial charge in [-0.3, -0.25) is 9.89 Å². The van der Waals surface area contributed by atoms with Crippen molar-refractivity contribution in [3.8, 4) is 0 Å². The Bertz CT molecular complexity index is 582. The van der Waals surface area contributed by atoms with Crippen molar-refractivity contribution in [1.82, 2.24) is 10.2 Å². The van der Waals surface area contributed by atoms with Gasteiger partial charge in [-0.2, -0.15) is 5.10 Å². The molecule has 1 aromatic heterocycles. The van der Waals surface area contributed by atoms with E-state index in [-0.39, 0.29) is 23.5 Å². The van der Waals surface area contributed by atoms with E-state index in [1.165, 1.54) is 12.3 Å². The molecule has 0 aliphatic heterocycles. The first-order chi connectivity index (χ1) is 8.56. The smallest absolute Gasteiger partial charge is 0.230 e. The van der Waals surface area contributed by atoms with Crippen LogP contribution >= 0.6 is 0 Å². The lowest BCUT2D eigenvalue weighted by Gasteiger charge is -2.05. The van der Waals surface area contributed by atoms with Crippen molar-refractivity contribution in [3.63, 3.8) is 0 Å². The van der Waals surface area contributed by atoms with E-state index in [1.54, 1.807) is 0 Å². The predicted molar refractivity (Wildman–Crippen MR) is 61.7 cm³/mol. The van der Waals surface area contributed by atoms with Crippen LogP contribution in [0.25, 0.3) is 0 Å². The zero-order valence-corrected chi connectivity index (χ0v) is 9.21. The Morgan fingerprint density at radius 2 is 2.22 bits per heavy atom. The first-order valence-electron chi connectivity index (χ1n) is 5.09. The molecule has 0 saturated carbocycles. The van der Waals surface area contributed by atoms with Crippen molar-refractivity contribution >= 4 is 17.4 Å². The lowest BCUT2D eigenvalue weighted by molar-refractivity contribution is -0.115. The maximum absolute atomic E-state index is 13.3. The second-order valence-corrected chi connectivity index (χ2v) is 3.66. The Kier molecular flexibility index (Phi) is 3.22. The van der Waals surface area contributed by atoms with Crippen molar-refractivity contribution in [2.75, 3.05) is 11.1 Å². The van der Waals surface area contributed by atoms with Gasteiger partial charge in [0, 0.05) is 6.07 Å². The number of nitrogens with one attached hydrogen (secondary N) is 2. The molecule has 4 N–H and O–H groups in total. The van der Waals surface area contributed by atoms with Gasteiger partial charge in [0.1, 0.15) is 11.6 Å². The van der Waals surface area contributed by atoms with Crippen molar-refractivity contribution in [2.24, 2.45) is 0 Å². The van der Waals surface area contributed by atoms with E-state index in [0.29, 0.717) is 0 Å². The summed E-state index contributed by atoms with van der Waals surface area (Å²) in [5.41, 5.74) is 5.88. The maximum Gasteiger partial charge on any atom is 0.230 e. The number of nitrogen functional groups attached to an aromatic ring is 1. The lowest BCUT2D eigenvalue weighted by Crippen LogP contribution is -2.16. The first-order valence-corrected chi connectivity index (χ1v) is 5.09. The second kappa shape index (κ2) is 4.82. The van der Waals surface area contributed by atoms with Crippen LogP contribution in [-0.4, -0.2) is 16.1 Å². The lowest BCUT2D eigenvalue weighted by atomic mass is 10.1. The number of hydrogen-bond donors (Lipinski definition) is 3. The SMILES string of the molecule is Nc1cn[nH]c1NC(=O)Cc1ccc(F)cc1F. The van der Waals surface area contributed by atoms with Crippen LogP contribution in [-0.2, 0) is 11.2 Å². The highest BCUT2D eigenvalue weighted by Gasteiger charge is 2.11. The van der Waals surface area contributed by atoms with E-state index in [0.717, 1.165) is 12.1 Å². The molecule has 94 valence electrons. The number of anilines is 2. The molecule has 0 bridgehead atoms. The van der Waals surface area contributed by atoms with Gasteiger partial charge < -0.3 is 11.1 Å². The largest absolute Gasteiger partial charge is 0.394 e. The number of rotatable bonds is 3. The number of carbonyl (C=O) groups excluding carboxylic acids is 1. The number of amides is 1. The fourth-order valence-corrected chi connectivity index (χ4v) is 1.42. The van der Waals surface area contributed by atoms with Gasteiger partial charge in [0.25, 0.3) is 0 Å². The first kappa shape index (κ1) is 12.0. The molecule has 0 aliphatic carbocycles. The fraction of sp³-hybridized carbons (Fsp3) is 0.0909. The Morgan fingerprint density at radius 1 is 1.44 bits per heavy atom. The number of hydrogen-bond acceptors (Lipinski definition) is 3. The summed E-state index contributed by atoms with van der Waals surface area (Å²) in [7, 11) is 0. The minimum Gasteiger partial charge on any atom is -0.394 e. The molecule has 0 saturated heterocycles.